The molecule has 138 valence electrons. The van der Waals surface area contributed by atoms with Crippen molar-refractivity contribution >= 4 is 39.9 Å². The Bertz CT molecular complexity index is 798. The number of pyridine rings is 1. The number of rotatable bonds is 3. The summed E-state index contributed by atoms with van der Waals surface area (Å²) in [4.78, 5) is 10.7. The molecule has 2 aromatic heterocycles. The van der Waals surface area contributed by atoms with Gasteiger partial charge in [-0.15, -0.1) is 0 Å². The Morgan fingerprint density at radius 3 is 2.54 bits per heavy atom. The van der Waals surface area contributed by atoms with Gasteiger partial charge in [0.05, 0.1) is 17.8 Å². The third kappa shape index (κ3) is 3.15. The van der Waals surface area contributed by atoms with E-state index in [0.717, 1.165) is 10.8 Å². The standard InChI is InChI=1S/C20H25IN4S/c1-12-16(17(21)13(2)23-12)19-18(15-10-6-7-11-22-15)24-20(26)25(19)14-8-4-3-5-9-14/h6-7,10-11,14,18-19,23H,3-5,8-9H2,1-2H3,(H,24,26)/t18-,19+/m1/s1. The van der Waals surface area contributed by atoms with Crippen molar-refractivity contribution in [1.82, 2.24) is 20.2 Å². The SMILES string of the molecule is Cc1[nH]c(C)c([C@H]2[C@@H](c3ccccn3)NC(=S)N2C2CCCCC2)c1I. The first kappa shape index (κ1) is 18.2. The smallest absolute Gasteiger partial charge is 0.170 e. The van der Waals surface area contributed by atoms with Crippen molar-refractivity contribution in [3.63, 3.8) is 0 Å². The lowest BCUT2D eigenvalue weighted by atomic mass is 9.90. The van der Waals surface area contributed by atoms with Gasteiger partial charge in [-0.05, 0) is 73.6 Å². The van der Waals surface area contributed by atoms with Crippen LogP contribution in [0.25, 0.3) is 0 Å². The molecule has 0 bridgehead atoms. The zero-order valence-corrected chi connectivity index (χ0v) is 18.2. The second-order valence-electron chi connectivity index (χ2n) is 7.43. The van der Waals surface area contributed by atoms with Crippen LogP contribution in [-0.4, -0.2) is 26.0 Å². The third-order valence-electron chi connectivity index (χ3n) is 5.74. The van der Waals surface area contributed by atoms with E-state index < -0.39 is 0 Å². The van der Waals surface area contributed by atoms with Gasteiger partial charge in [-0.2, -0.15) is 0 Å². The molecule has 0 amide bonds. The van der Waals surface area contributed by atoms with Gasteiger partial charge in [0.25, 0.3) is 0 Å². The van der Waals surface area contributed by atoms with Gasteiger partial charge in [-0.25, -0.2) is 0 Å². The van der Waals surface area contributed by atoms with E-state index >= 15 is 0 Å². The minimum Gasteiger partial charge on any atom is -0.362 e. The monoisotopic (exact) mass is 480 g/mol. The highest BCUT2D eigenvalue weighted by Crippen LogP contribution is 2.45. The first-order valence-corrected chi connectivity index (χ1v) is 10.9. The van der Waals surface area contributed by atoms with Crippen LogP contribution in [0.5, 0.6) is 0 Å². The molecule has 1 saturated heterocycles. The summed E-state index contributed by atoms with van der Waals surface area (Å²) >= 11 is 8.33. The number of aromatic nitrogens is 2. The Hall–Kier alpha value is -1.15. The zero-order chi connectivity index (χ0) is 18.3. The van der Waals surface area contributed by atoms with Gasteiger partial charge < -0.3 is 15.2 Å². The normalized spacial score (nSPS) is 24.1. The third-order valence-corrected chi connectivity index (χ3v) is 7.46. The van der Waals surface area contributed by atoms with Gasteiger partial charge in [0.1, 0.15) is 0 Å². The molecule has 1 aliphatic carbocycles. The lowest BCUT2D eigenvalue weighted by molar-refractivity contribution is 0.196. The lowest BCUT2D eigenvalue weighted by Crippen LogP contribution is -2.40. The quantitative estimate of drug-likeness (QED) is 0.483. The molecule has 3 heterocycles. The van der Waals surface area contributed by atoms with Crippen molar-refractivity contribution < 1.29 is 0 Å². The highest BCUT2D eigenvalue weighted by Gasteiger charge is 2.45. The molecule has 6 heteroatoms. The van der Waals surface area contributed by atoms with Crippen LogP contribution in [0.15, 0.2) is 24.4 Å². The van der Waals surface area contributed by atoms with Gasteiger partial charge in [-0.3, -0.25) is 4.98 Å². The number of hydrogen-bond acceptors (Lipinski definition) is 2. The zero-order valence-electron chi connectivity index (χ0n) is 15.3. The van der Waals surface area contributed by atoms with Crippen LogP contribution in [0.4, 0.5) is 0 Å². The Kier molecular flexibility index (Phi) is 5.23. The van der Waals surface area contributed by atoms with Crippen molar-refractivity contribution in [2.24, 2.45) is 0 Å². The lowest BCUT2D eigenvalue weighted by Gasteiger charge is -2.37. The molecule has 1 aliphatic heterocycles. The van der Waals surface area contributed by atoms with Crippen molar-refractivity contribution in [2.45, 2.75) is 64.1 Å². The molecule has 2 fully saturated rings. The summed E-state index contributed by atoms with van der Waals surface area (Å²) in [7, 11) is 0. The average Bonchev–Trinajstić information content (AvgIpc) is 3.12. The fourth-order valence-electron chi connectivity index (χ4n) is 4.55. The largest absolute Gasteiger partial charge is 0.362 e. The van der Waals surface area contributed by atoms with E-state index in [9.17, 15) is 0 Å². The molecular formula is C20H25IN4S. The summed E-state index contributed by atoms with van der Waals surface area (Å²) in [6.07, 6.45) is 8.28. The van der Waals surface area contributed by atoms with Gasteiger partial charge in [0.2, 0.25) is 0 Å². The molecule has 0 radical (unpaired) electrons. The first-order valence-electron chi connectivity index (χ1n) is 9.42. The number of H-pyrrole nitrogens is 1. The highest BCUT2D eigenvalue weighted by atomic mass is 127. The molecule has 2 N–H and O–H groups in total. The van der Waals surface area contributed by atoms with E-state index in [2.05, 4.69) is 68.8 Å². The maximum absolute atomic E-state index is 5.84. The second kappa shape index (κ2) is 7.46. The summed E-state index contributed by atoms with van der Waals surface area (Å²) in [5.74, 6) is 0. The Balaban J connectivity index is 1.81. The molecule has 4 rings (SSSR count). The van der Waals surface area contributed by atoms with Crippen molar-refractivity contribution in [3.05, 3.63) is 50.6 Å². The summed E-state index contributed by atoms with van der Waals surface area (Å²) in [6.45, 7) is 4.33. The van der Waals surface area contributed by atoms with E-state index in [1.165, 1.54) is 52.6 Å². The van der Waals surface area contributed by atoms with E-state index in [1.54, 1.807) is 0 Å². The van der Waals surface area contributed by atoms with Crippen LogP contribution >= 0.6 is 34.8 Å². The minimum atomic E-state index is 0.0908. The van der Waals surface area contributed by atoms with E-state index in [4.69, 9.17) is 12.2 Å². The molecule has 1 saturated carbocycles. The molecule has 0 spiro atoms. The summed E-state index contributed by atoms with van der Waals surface area (Å²) in [5.41, 5.74) is 4.91. The van der Waals surface area contributed by atoms with Crippen molar-refractivity contribution in [1.29, 1.82) is 0 Å². The fourth-order valence-corrected chi connectivity index (χ4v) is 5.80. The molecule has 0 aromatic carbocycles. The fraction of sp³-hybridized carbons (Fsp3) is 0.500. The number of nitrogens with one attached hydrogen (secondary N) is 2. The molecular weight excluding hydrogens is 455 g/mol. The average molecular weight is 480 g/mol. The summed E-state index contributed by atoms with van der Waals surface area (Å²) < 4.78 is 1.32. The molecule has 26 heavy (non-hydrogen) atoms. The topological polar surface area (TPSA) is 44.0 Å². The summed E-state index contributed by atoms with van der Waals surface area (Å²) in [5, 5.41) is 4.49. The second-order valence-corrected chi connectivity index (χ2v) is 8.89. The number of nitrogens with zero attached hydrogens (tertiary/aromatic N) is 2. The van der Waals surface area contributed by atoms with Crippen LogP contribution in [0.1, 0.15) is 66.8 Å². The van der Waals surface area contributed by atoms with Crippen molar-refractivity contribution in [3.8, 4) is 0 Å². The highest BCUT2D eigenvalue weighted by molar-refractivity contribution is 14.1. The minimum absolute atomic E-state index is 0.0908. The predicted molar refractivity (Wildman–Crippen MR) is 117 cm³/mol. The maximum Gasteiger partial charge on any atom is 0.170 e. The Morgan fingerprint density at radius 1 is 1.15 bits per heavy atom. The predicted octanol–water partition coefficient (Wildman–Crippen LogP) is 4.94. The van der Waals surface area contributed by atoms with E-state index in [0.29, 0.717) is 6.04 Å². The van der Waals surface area contributed by atoms with Crippen LogP contribution in [0.2, 0.25) is 0 Å². The Labute approximate surface area is 174 Å². The van der Waals surface area contributed by atoms with Crippen LogP contribution in [0.3, 0.4) is 0 Å². The molecule has 4 nitrogen and oxygen atoms in total. The van der Waals surface area contributed by atoms with Gasteiger partial charge in [0, 0.05) is 32.8 Å². The first-order chi connectivity index (χ1) is 12.6. The van der Waals surface area contributed by atoms with Crippen LogP contribution in [-0.2, 0) is 0 Å². The number of aryl methyl sites for hydroxylation is 2. The number of halogens is 1. The molecule has 2 aliphatic rings. The van der Waals surface area contributed by atoms with Crippen LogP contribution < -0.4 is 5.32 Å². The molecule has 2 atom stereocenters. The van der Waals surface area contributed by atoms with Gasteiger partial charge in [0.15, 0.2) is 5.11 Å². The van der Waals surface area contributed by atoms with Gasteiger partial charge >= 0.3 is 0 Å². The number of aromatic amines is 1. The van der Waals surface area contributed by atoms with E-state index in [1.807, 2.05) is 12.3 Å². The Morgan fingerprint density at radius 2 is 1.92 bits per heavy atom. The number of hydrogen-bond donors (Lipinski definition) is 2. The molecule has 2 aromatic rings. The van der Waals surface area contributed by atoms with Crippen molar-refractivity contribution in [2.75, 3.05) is 0 Å². The molecule has 0 unspecified atom stereocenters. The van der Waals surface area contributed by atoms with Gasteiger partial charge in [-0.1, -0.05) is 25.3 Å². The number of thiocarbonyl (C=S) groups is 1. The van der Waals surface area contributed by atoms with E-state index in [-0.39, 0.29) is 12.1 Å². The van der Waals surface area contributed by atoms with Crippen LogP contribution in [0, 0.1) is 17.4 Å². The maximum atomic E-state index is 5.84. The summed E-state index contributed by atoms with van der Waals surface area (Å²) in [6, 6.07) is 6.95.